The number of anilines is 2. The number of rotatable bonds is 3. The van der Waals surface area contributed by atoms with Crippen LogP contribution in [-0.2, 0) is 11.0 Å². The number of thioether (sulfide) groups is 1. The first kappa shape index (κ1) is 21.0. The number of carbonyl (C=O) groups excluding carboxylic acids is 2. The van der Waals surface area contributed by atoms with Gasteiger partial charge in [-0.05, 0) is 44.2 Å². The van der Waals surface area contributed by atoms with Gasteiger partial charge in [0, 0.05) is 16.5 Å². The lowest BCUT2D eigenvalue weighted by Crippen LogP contribution is -2.26. The Hall–Kier alpha value is -3.27. The molecule has 3 aromatic rings. The van der Waals surface area contributed by atoms with Crippen LogP contribution in [0.5, 0.6) is 0 Å². The zero-order chi connectivity index (χ0) is 22.3. The van der Waals surface area contributed by atoms with Gasteiger partial charge in [0.1, 0.15) is 5.82 Å². The topological polar surface area (TPSA) is 76.0 Å². The molecule has 31 heavy (non-hydrogen) atoms. The number of hydrogen-bond donors (Lipinski definition) is 2. The van der Waals surface area contributed by atoms with Gasteiger partial charge in [-0.2, -0.15) is 18.3 Å². The monoisotopic (exact) mass is 446 g/mol. The van der Waals surface area contributed by atoms with Crippen molar-refractivity contribution in [3.05, 3.63) is 65.4 Å². The molecule has 0 saturated carbocycles. The lowest BCUT2D eigenvalue weighted by Gasteiger charge is -2.21. The summed E-state index contributed by atoms with van der Waals surface area (Å²) in [5.74, 6) is -0.595. The lowest BCUT2D eigenvalue weighted by atomic mass is 10.1. The summed E-state index contributed by atoms with van der Waals surface area (Å²) in [6.45, 7) is 3.40. The number of alkyl halides is 3. The van der Waals surface area contributed by atoms with Crippen molar-refractivity contribution >= 4 is 35.1 Å². The van der Waals surface area contributed by atoms with Gasteiger partial charge in [-0.3, -0.25) is 9.59 Å². The Kier molecular flexibility index (Phi) is 5.26. The first-order chi connectivity index (χ1) is 14.6. The van der Waals surface area contributed by atoms with Crippen molar-refractivity contribution in [2.45, 2.75) is 30.2 Å². The van der Waals surface area contributed by atoms with Gasteiger partial charge in [0.05, 0.1) is 27.9 Å². The molecule has 0 bridgehead atoms. The summed E-state index contributed by atoms with van der Waals surface area (Å²) in [7, 11) is 0. The van der Waals surface area contributed by atoms with E-state index in [9.17, 15) is 22.8 Å². The van der Waals surface area contributed by atoms with E-state index in [0.717, 1.165) is 15.6 Å². The zero-order valence-corrected chi connectivity index (χ0v) is 17.3. The standard InChI is InChI=1S/C21H17F3N4O2S/c1-11-9-18(28(27-11)16-6-4-3-5-14(16)21(22,23)24)26-20(30)13-7-8-17-15(10-13)25-19(29)12(2)31-17/h3-10,12H,1-2H3,(H,25,29)(H,26,30). The Morgan fingerprint density at radius 3 is 2.68 bits per heavy atom. The summed E-state index contributed by atoms with van der Waals surface area (Å²) >= 11 is 1.39. The number of fused-ring (bicyclic) bond motifs is 1. The molecule has 4 rings (SSSR count). The Bertz CT molecular complexity index is 1190. The van der Waals surface area contributed by atoms with Gasteiger partial charge < -0.3 is 10.6 Å². The van der Waals surface area contributed by atoms with Crippen LogP contribution in [-0.4, -0.2) is 26.8 Å². The Morgan fingerprint density at radius 2 is 1.94 bits per heavy atom. The van der Waals surface area contributed by atoms with Crippen LogP contribution >= 0.6 is 11.8 Å². The third kappa shape index (κ3) is 4.15. The fourth-order valence-electron chi connectivity index (χ4n) is 3.21. The average molecular weight is 446 g/mol. The molecule has 6 nitrogen and oxygen atoms in total. The minimum Gasteiger partial charge on any atom is -0.324 e. The molecule has 2 N–H and O–H groups in total. The number of carbonyl (C=O) groups is 2. The highest BCUT2D eigenvalue weighted by Gasteiger charge is 2.34. The summed E-state index contributed by atoms with van der Waals surface area (Å²) in [4.78, 5) is 25.6. The minimum atomic E-state index is -4.58. The lowest BCUT2D eigenvalue weighted by molar-refractivity contribution is -0.137. The second-order valence-electron chi connectivity index (χ2n) is 7.01. The van der Waals surface area contributed by atoms with Crippen LogP contribution in [0.15, 0.2) is 53.4 Å². The first-order valence-electron chi connectivity index (χ1n) is 9.29. The smallest absolute Gasteiger partial charge is 0.324 e. The number of halogens is 3. The number of para-hydroxylation sites is 1. The molecule has 10 heteroatoms. The van der Waals surface area contributed by atoms with E-state index in [0.29, 0.717) is 11.4 Å². The van der Waals surface area contributed by atoms with Crippen LogP contribution in [0.3, 0.4) is 0 Å². The highest BCUT2D eigenvalue weighted by atomic mass is 32.2. The third-order valence-corrected chi connectivity index (χ3v) is 5.86. The van der Waals surface area contributed by atoms with Gasteiger partial charge in [0.2, 0.25) is 5.91 Å². The summed E-state index contributed by atoms with van der Waals surface area (Å²) in [5.41, 5.74) is 0.157. The third-order valence-electron chi connectivity index (χ3n) is 4.68. The van der Waals surface area contributed by atoms with Gasteiger partial charge >= 0.3 is 6.18 Å². The second kappa shape index (κ2) is 7.77. The van der Waals surface area contributed by atoms with Gasteiger partial charge in [0.15, 0.2) is 0 Å². The van der Waals surface area contributed by atoms with Crippen molar-refractivity contribution in [3.8, 4) is 5.69 Å². The average Bonchev–Trinajstić information content (AvgIpc) is 3.07. The predicted octanol–water partition coefficient (Wildman–Crippen LogP) is 4.88. The molecule has 0 saturated heterocycles. The predicted molar refractivity (Wildman–Crippen MR) is 112 cm³/mol. The quantitative estimate of drug-likeness (QED) is 0.601. The molecule has 0 aliphatic carbocycles. The van der Waals surface area contributed by atoms with Gasteiger partial charge in [-0.1, -0.05) is 12.1 Å². The number of nitrogens with zero attached hydrogens (tertiary/aromatic N) is 2. The second-order valence-corrected chi connectivity index (χ2v) is 8.39. The van der Waals surface area contributed by atoms with E-state index in [-0.39, 0.29) is 28.2 Å². The molecule has 0 fully saturated rings. The molecule has 1 aliphatic heterocycles. The maximum atomic E-state index is 13.5. The van der Waals surface area contributed by atoms with E-state index in [2.05, 4.69) is 15.7 Å². The largest absolute Gasteiger partial charge is 0.418 e. The van der Waals surface area contributed by atoms with Crippen LogP contribution in [0.2, 0.25) is 0 Å². The molecule has 1 aromatic heterocycles. The molecule has 2 heterocycles. The highest BCUT2D eigenvalue weighted by Crippen LogP contribution is 2.37. The molecule has 0 radical (unpaired) electrons. The molecule has 2 aromatic carbocycles. The van der Waals surface area contributed by atoms with E-state index in [4.69, 9.17) is 0 Å². The number of aryl methyl sites for hydroxylation is 1. The summed E-state index contributed by atoms with van der Waals surface area (Å²) in [5, 5.41) is 9.27. The van der Waals surface area contributed by atoms with Crippen molar-refractivity contribution in [2.24, 2.45) is 0 Å². The Balaban J connectivity index is 1.66. The van der Waals surface area contributed by atoms with Gasteiger partial charge in [-0.15, -0.1) is 11.8 Å². The van der Waals surface area contributed by atoms with Crippen molar-refractivity contribution in [3.63, 3.8) is 0 Å². The van der Waals surface area contributed by atoms with Crippen molar-refractivity contribution in [2.75, 3.05) is 10.6 Å². The van der Waals surface area contributed by atoms with Crippen LogP contribution in [0, 0.1) is 6.92 Å². The molecular formula is C21H17F3N4O2S. The number of benzene rings is 2. The molecule has 2 amide bonds. The Morgan fingerprint density at radius 1 is 1.19 bits per heavy atom. The molecule has 160 valence electrons. The number of hydrogen-bond acceptors (Lipinski definition) is 4. The minimum absolute atomic E-state index is 0.101. The van der Waals surface area contributed by atoms with Crippen molar-refractivity contribution < 1.29 is 22.8 Å². The van der Waals surface area contributed by atoms with Crippen LogP contribution in [0.25, 0.3) is 5.69 Å². The molecule has 1 aliphatic rings. The summed E-state index contributed by atoms with van der Waals surface area (Å²) < 4.78 is 41.4. The van der Waals surface area contributed by atoms with Crippen molar-refractivity contribution in [1.29, 1.82) is 0 Å². The number of nitrogens with one attached hydrogen (secondary N) is 2. The van der Waals surface area contributed by atoms with E-state index < -0.39 is 17.6 Å². The van der Waals surface area contributed by atoms with Crippen LogP contribution in [0.1, 0.15) is 28.5 Å². The van der Waals surface area contributed by atoms with E-state index in [1.165, 1.54) is 36.0 Å². The van der Waals surface area contributed by atoms with E-state index in [1.54, 1.807) is 32.0 Å². The van der Waals surface area contributed by atoms with E-state index in [1.807, 2.05) is 0 Å². The van der Waals surface area contributed by atoms with Crippen molar-refractivity contribution in [1.82, 2.24) is 9.78 Å². The molecule has 0 spiro atoms. The SMILES string of the molecule is Cc1cc(NC(=O)c2ccc3c(c2)NC(=O)C(C)S3)n(-c2ccccc2C(F)(F)F)n1. The van der Waals surface area contributed by atoms with Gasteiger partial charge in [0.25, 0.3) is 5.91 Å². The highest BCUT2D eigenvalue weighted by molar-refractivity contribution is 8.00. The fraction of sp³-hybridized carbons (Fsp3) is 0.190. The molecule has 1 unspecified atom stereocenters. The maximum Gasteiger partial charge on any atom is 0.418 e. The maximum absolute atomic E-state index is 13.5. The van der Waals surface area contributed by atoms with Gasteiger partial charge in [-0.25, -0.2) is 4.68 Å². The Labute approximate surface area is 179 Å². The number of amides is 2. The first-order valence-corrected chi connectivity index (χ1v) is 10.2. The van der Waals surface area contributed by atoms with Crippen LogP contribution in [0.4, 0.5) is 24.7 Å². The van der Waals surface area contributed by atoms with Crippen LogP contribution < -0.4 is 10.6 Å². The molecular weight excluding hydrogens is 429 g/mol. The van der Waals surface area contributed by atoms with E-state index >= 15 is 0 Å². The number of aromatic nitrogens is 2. The molecule has 1 atom stereocenters. The summed E-state index contributed by atoms with van der Waals surface area (Å²) in [6.07, 6.45) is -4.58. The fourth-order valence-corrected chi connectivity index (χ4v) is 4.14. The summed E-state index contributed by atoms with van der Waals surface area (Å²) in [6, 6.07) is 11.4. The normalized spacial score (nSPS) is 15.9. The zero-order valence-electron chi connectivity index (χ0n) is 16.4.